The molecule has 4 heteroatoms. The summed E-state index contributed by atoms with van der Waals surface area (Å²) in [6, 6.07) is 8.56. The molecule has 0 saturated carbocycles. The van der Waals surface area contributed by atoms with Crippen LogP contribution in [0.25, 0.3) is 0 Å². The summed E-state index contributed by atoms with van der Waals surface area (Å²) < 4.78 is 2.66. The van der Waals surface area contributed by atoms with Crippen molar-refractivity contribution in [2.24, 2.45) is 0 Å². The molecular weight excluding hydrogens is 427 g/mol. The Morgan fingerprint density at radius 2 is 1.25 bits per heavy atom. The topological polar surface area (TPSA) is 25.8 Å². The molecule has 0 aromatic carbocycles. The molecule has 0 aliphatic carbocycles. The zero-order valence-corrected chi connectivity index (χ0v) is 13.8. The first-order chi connectivity index (χ1) is 7.74. The molecule has 0 saturated heterocycles. The van der Waals surface area contributed by atoms with Crippen LogP contribution in [0.3, 0.4) is 0 Å². The number of rotatable bonds is 3. The van der Waals surface area contributed by atoms with E-state index < -0.39 is 0 Å². The first-order valence-electron chi connectivity index (χ1n) is 4.94. The van der Waals surface area contributed by atoms with Gasteiger partial charge in [-0.05, 0) is 0 Å². The molecule has 0 aliphatic rings. The Labute approximate surface area is 112 Å². The van der Waals surface area contributed by atoms with E-state index in [0.717, 1.165) is 0 Å². The van der Waals surface area contributed by atoms with Gasteiger partial charge in [0, 0.05) is 0 Å². The summed E-state index contributed by atoms with van der Waals surface area (Å²) in [6.45, 7) is 4.26. The molecule has 2 heterocycles. The second-order valence-electron chi connectivity index (χ2n) is 3.51. The van der Waals surface area contributed by atoms with Gasteiger partial charge < -0.3 is 0 Å². The number of hydrogen-bond donors (Lipinski definition) is 0. The van der Waals surface area contributed by atoms with Crippen LogP contribution in [0.4, 0.5) is 0 Å². The van der Waals surface area contributed by atoms with Crippen LogP contribution in [-0.4, -0.2) is 44.1 Å². The summed E-state index contributed by atoms with van der Waals surface area (Å²) in [5.74, 6) is 0. The van der Waals surface area contributed by atoms with Crippen molar-refractivity contribution in [2.75, 3.05) is 0 Å². The van der Waals surface area contributed by atoms with E-state index in [4.69, 9.17) is 0 Å². The predicted octanol–water partition coefficient (Wildman–Crippen LogP) is 0.368. The molecule has 0 bridgehead atoms. The van der Waals surface area contributed by atoms with Gasteiger partial charge in [-0.1, -0.05) is 0 Å². The molecule has 2 rings (SSSR count). The number of hydrogen-bond acceptors (Lipinski definition) is 2. The van der Waals surface area contributed by atoms with E-state index in [1.54, 1.807) is 0 Å². The van der Waals surface area contributed by atoms with Gasteiger partial charge in [-0.2, -0.15) is 0 Å². The fourth-order valence-corrected chi connectivity index (χ4v) is 10.4. The molecule has 0 N–H and O–H groups in total. The van der Waals surface area contributed by atoms with E-state index in [0.29, 0.717) is 0 Å². The predicted molar refractivity (Wildman–Crippen MR) is 68.7 cm³/mol. The number of pyridine rings is 2. The average molecular weight is 439 g/mol. The third-order valence-corrected chi connectivity index (χ3v) is 12.6. The van der Waals surface area contributed by atoms with E-state index in [-0.39, 0.29) is 34.1 Å². The number of aryl methyl sites for hydroxylation is 2. The second-order valence-corrected chi connectivity index (χ2v) is 13.2. The van der Waals surface area contributed by atoms with Crippen LogP contribution in [-0.2, 0) is 0 Å². The van der Waals surface area contributed by atoms with Crippen molar-refractivity contribution in [1.82, 2.24) is 9.97 Å². The van der Waals surface area contributed by atoms with Crippen LogP contribution >= 0.6 is 0 Å². The van der Waals surface area contributed by atoms with Gasteiger partial charge >= 0.3 is 113 Å². The monoisotopic (exact) mass is 444 g/mol. The Balaban J connectivity index is 2.02. The van der Waals surface area contributed by atoms with Gasteiger partial charge in [-0.3, -0.25) is 0 Å². The van der Waals surface area contributed by atoms with Gasteiger partial charge in [-0.15, -0.1) is 0 Å². The fourth-order valence-electron chi connectivity index (χ4n) is 1.19. The van der Waals surface area contributed by atoms with Crippen molar-refractivity contribution in [1.29, 1.82) is 0 Å². The molecule has 2 aromatic rings. The molecule has 82 valence electrons. The van der Waals surface area contributed by atoms with Crippen molar-refractivity contribution >= 4 is 41.6 Å². The summed E-state index contributed by atoms with van der Waals surface area (Å²) in [7, 11) is 0. The van der Waals surface area contributed by atoms with Crippen LogP contribution in [0, 0.1) is 13.8 Å². The Hall–Kier alpha value is -0.121. The normalized spacial score (nSPS) is 10.4. The standard InChI is InChI=1S/C12H12N2Te2/c1-9-3-5-13-11(7-9)15-16-12-8-10(2)4-6-14-12/h3-8H,1-2H3. The van der Waals surface area contributed by atoms with Crippen LogP contribution in [0.5, 0.6) is 0 Å². The second kappa shape index (κ2) is 5.99. The molecule has 0 fully saturated rings. The summed E-state index contributed by atoms with van der Waals surface area (Å²) >= 11 is -0.218. The van der Waals surface area contributed by atoms with Gasteiger partial charge in [0.25, 0.3) is 0 Å². The van der Waals surface area contributed by atoms with E-state index in [1.165, 1.54) is 18.6 Å². The first-order valence-corrected chi connectivity index (χ1v) is 14.6. The van der Waals surface area contributed by atoms with E-state index in [1.807, 2.05) is 12.4 Å². The molecule has 2 aromatic heterocycles. The van der Waals surface area contributed by atoms with Gasteiger partial charge in [0.15, 0.2) is 0 Å². The van der Waals surface area contributed by atoms with Gasteiger partial charge in [0.05, 0.1) is 0 Å². The Morgan fingerprint density at radius 3 is 1.62 bits per heavy atom. The molecule has 16 heavy (non-hydrogen) atoms. The average Bonchev–Trinajstić information content (AvgIpc) is 2.27. The molecule has 0 unspecified atom stereocenters. The van der Waals surface area contributed by atoms with E-state index >= 15 is 0 Å². The number of nitrogens with zero attached hydrogens (tertiary/aromatic N) is 2. The summed E-state index contributed by atoms with van der Waals surface area (Å²) in [4.78, 5) is 8.88. The van der Waals surface area contributed by atoms with Gasteiger partial charge in [-0.25, -0.2) is 0 Å². The zero-order valence-electron chi connectivity index (χ0n) is 9.18. The van der Waals surface area contributed by atoms with Crippen molar-refractivity contribution in [3.8, 4) is 0 Å². The third-order valence-electron chi connectivity index (χ3n) is 1.99. The Kier molecular flexibility index (Phi) is 4.62. The summed E-state index contributed by atoms with van der Waals surface area (Å²) in [6.07, 6.45) is 3.85. The quantitative estimate of drug-likeness (QED) is 0.646. The molecule has 0 atom stereocenters. The van der Waals surface area contributed by atoms with Crippen LogP contribution in [0.1, 0.15) is 11.1 Å². The minimum atomic E-state index is -0.109. The fraction of sp³-hybridized carbons (Fsp3) is 0.167. The number of aromatic nitrogens is 2. The Bertz CT molecular complexity index is 440. The summed E-state index contributed by atoms with van der Waals surface area (Å²) in [5, 5.41) is 0. The zero-order chi connectivity index (χ0) is 11.4. The van der Waals surface area contributed by atoms with Crippen molar-refractivity contribution in [2.45, 2.75) is 13.8 Å². The van der Waals surface area contributed by atoms with Crippen molar-refractivity contribution in [3.05, 3.63) is 47.8 Å². The molecule has 2 nitrogen and oxygen atoms in total. The maximum atomic E-state index is 4.44. The molecule has 0 aliphatic heterocycles. The molecule has 0 amide bonds. The van der Waals surface area contributed by atoms with Gasteiger partial charge in [0.2, 0.25) is 0 Å². The molecule has 0 radical (unpaired) electrons. The molecular formula is C12H12N2Te2. The Morgan fingerprint density at radius 1 is 0.812 bits per heavy atom. The van der Waals surface area contributed by atoms with Crippen molar-refractivity contribution in [3.63, 3.8) is 0 Å². The van der Waals surface area contributed by atoms with Crippen LogP contribution in [0.2, 0.25) is 0 Å². The van der Waals surface area contributed by atoms with E-state index in [9.17, 15) is 0 Å². The minimum absolute atomic E-state index is 0.109. The van der Waals surface area contributed by atoms with Gasteiger partial charge in [0.1, 0.15) is 0 Å². The van der Waals surface area contributed by atoms with Crippen molar-refractivity contribution < 1.29 is 0 Å². The summed E-state index contributed by atoms with van der Waals surface area (Å²) in [5.41, 5.74) is 2.64. The van der Waals surface area contributed by atoms with E-state index in [2.05, 4.69) is 48.1 Å². The SMILES string of the molecule is Cc1ccnc([Te][Te]c2cc(C)ccn2)c1. The van der Waals surface area contributed by atoms with Crippen LogP contribution < -0.4 is 7.48 Å². The van der Waals surface area contributed by atoms with Crippen LogP contribution in [0.15, 0.2) is 36.7 Å². The molecule has 0 spiro atoms. The first kappa shape index (κ1) is 12.3. The third kappa shape index (κ3) is 3.72. The maximum absolute atomic E-state index is 4.44.